The second-order valence-electron chi connectivity index (χ2n) is 4.94. The van der Waals surface area contributed by atoms with Crippen molar-refractivity contribution < 1.29 is 4.74 Å². The predicted molar refractivity (Wildman–Crippen MR) is 86.6 cm³/mol. The topological polar surface area (TPSA) is 21.3 Å². The van der Waals surface area contributed by atoms with Gasteiger partial charge in [-0.05, 0) is 54.4 Å². The molecule has 0 aromatic carbocycles. The zero-order valence-corrected chi connectivity index (χ0v) is 13.6. The molecule has 3 heteroatoms. The maximum Gasteiger partial charge on any atom is 0.139 e. The van der Waals surface area contributed by atoms with Crippen LogP contribution >= 0.6 is 22.6 Å². The molecule has 0 aromatic rings. The van der Waals surface area contributed by atoms with Crippen LogP contribution in [0.15, 0.2) is 36.3 Å². The monoisotopic (exact) mass is 361 g/mol. The highest BCUT2D eigenvalue weighted by Crippen LogP contribution is 2.24. The summed E-state index contributed by atoms with van der Waals surface area (Å²) in [6, 6.07) is 0.573. The van der Waals surface area contributed by atoms with Gasteiger partial charge in [0.1, 0.15) is 10.4 Å². The van der Waals surface area contributed by atoms with Gasteiger partial charge >= 0.3 is 0 Å². The van der Waals surface area contributed by atoms with E-state index in [4.69, 9.17) is 4.74 Å². The first kappa shape index (κ1) is 15.6. The molecule has 0 bridgehead atoms. The largest absolute Gasteiger partial charge is 0.483 e. The fraction of sp³-hybridized carbons (Fsp3) is 0.600. The first-order valence-electron chi connectivity index (χ1n) is 6.64. The quantitative estimate of drug-likeness (QED) is 0.325. The molecule has 0 spiro atoms. The molecule has 0 amide bonds. The Morgan fingerprint density at radius 3 is 2.89 bits per heavy atom. The van der Waals surface area contributed by atoms with Crippen LogP contribution in [0.5, 0.6) is 0 Å². The summed E-state index contributed by atoms with van der Waals surface area (Å²) in [4.78, 5) is 0. The highest BCUT2D eigenvalue weighted by molar-refractivity contribution is 14.1. The molecule has 1 unspecified atom stereocenters. The highest BCUT2D eigenvalue weighted by atomic mass is 127. The molecule has 0 heterocycles. The van der Waals surface area contributed by atoms with Crippen molar-refractivity contribution in [1.82, 2.24) is 5.32 Å². The number of ether oxygens (including phenoxy) is 1. The van der Waals surface area contributed by atoms with Crippen molar-refractivity contribution in [2.75, 3.05) is 4.61 Å². The van der Waals surface area contributed by atoms with Crippen LogP contribution in [0.1, 0.15) is 39.5 Å². The van der Waals surface area contributed by atoms with Gasteiger partial charge in [-0.2, -0.15) is 0 Å². The van der Waals surface area contributed by atoms with Gasteiger partial charge in [0.05, 0.1) is 0 Å². The molecule has 1 aliphatic rings. The maximum absolute atomic E-state index is 5.52. The van der Waals surface area contributed by atoms with Crippen molar-refractivity contribution in [1.29, 1.82) is 0 Å². The Morgan fingerprint density at radius 2 is 2.28 bits per heavy atom. The molecular formula is C15H24INO. The number of hydrogen-bond acceptors (Lipinski definition) is 2. The Kier molecular flexibility index (Phi) is 7.47. The van der Waals surface area contributed by atoms with E-state index >= 15 is 0 Å². The molecular weight excluding hydrogens is 337 g/mol. The minimum atomic E-state index is 0.573. The normalized spacial score (nSPS) is 25.2. The van der Waals surface area contributed by atoms with Crippen LogP contribution < -0.4 is 5.32 Å². The van der Waals surface area contributed by atoms with E-state index < -0.39 is 0 Å². The van der Waals surface area contributed by atoms with Crippen molar-refractivity contribution in [3.8, 4) is 0 Å². The standard InChI is InChI=1S/C15H24INO/c1-4-6-15(18-11-16)10-13(3)17-14-8-5-7-12(2)9-14/h4,6,10,12,14,17H,3,5,7-9,11H2,1-2H3/b6-4-,15-10+/t12-,14?/m0/s1. The fourth-order valence-electron chi connectivity index (χ4n) is 2.41. The molecule has 2 atom stereocenters. The lowest BCUT2D eigenvalue weighted by molar-refractivity contribution is 0.295. The molecule has 0 aliphatic heterocycles. The Bertz CT molecular complexity index is 322. The summed E-state index contributed by atoms with van der Waals surface area (Å²) >= 11 is 2.20. The maximum atomic E-state index is 5.52. The summed E-state index contributed by atoms with van der Waals surface area (Å²) in [5, 5.41) is 3.51. The summed E-state index contributed by atoms with van der Waals surface area (Å²) in [6.45, 7) is 8.39. The van der Waals surface area contributed by atoms with Gasteiger partial charge < -0.3 is 10.1 Å². The van der Waals surface area contributed by atoms with E-state index in [9.17, 15) is 0 Å². The third kappa shape index (κ3) is 5.94. The van der Waals surface area contributed by atoms with E-state index in [-0.39, 0.29) is 0 Å². The number of halogens is 1. The van der Waals surface area contributed by atoms with Crippen LogP contribution in [0.2, 0.25) is 0 Å². The zero-order valence-electron chi connectivity index (χ0n) is 11.4. The summed E-state index contributed by atoms with van der Waals surface area (Å²) in [5.41, 5.74) is 0.951. The Hall–Kier alpha value is -0.450. The van der Waals surface area contributed by atoms with E-state index in [2.05, 4.69) is 41.4 Å². The van der Waals surface area contributed by atoms with Crippen LogP contribution in [-0.4, -0.2) is 10.7 Å². The minimum Gasteiger partial charge on any atom is -0.483 e. The molecule has 0 saturated heterocycles. The van der Waals surface area contributed by atoms with E-state index in [1.165, 1.54) is 25.7 Å². The van der Waals surface area contributed by atoms with Crippen molar-refractivity contribution in [2.24, 2.45) is 5.92 Å². The second kappa shape index (κ2) is 8.62. The third-order valence-corrected chi connectivity index (χ3v) is 3.51. The van der Waals surface area contributed by atoms with Gasteiger partial charge in [0.15, 0.2) is 0 Å². The van der Waals surface area contributed by atoms with Gasteiger partial charge in [0, 0.05) is 17.8 Å². The Balaban J connectivity index is 2.50. The molecule has 18 heavy (non-hydrogen) atoms. The highest BCUT2D eigenvalue weighted by Gasteiger charge is 2.18. The van der Waals surface area contributed by atoms with E-state index in [1.807, 2.05) is 25.2 Å². The minimum absolute atomic E-state index is 0.573. The van der Waals surface area contributed by atoms with E-state index in [0.717, 1.165) is 17.4 Å². The van der Waals surface area contributed by atoms with Crippen LogP contribution in [0.4, 0.5) is 0 Å². The summed E-state index contributed by atoms with van der Waals surface area (Å²) in [6.07, 6.45) is 11.1. The fourth-order valence-corrected chi connectivity index (χ4v) is 2.77. The molecule has 1 saturated carbocycles. The molecule has 0 radical (unpaired) electrons. The molecule has 102 valence electrons. The zero-order chi connectivity index (χ0) is 13.4. The smallest absolute Gasteiger partial charge is 0.139 e. The summed E-state index contributed by atoms with van der Waals surface area (Å²) < 4.78 is 6.18. The lowest BCUT2D eigenvalue weighted by Crippen LogP contribution is -2.32. The van der Waals surface area contributed by atoms with Gasteiger partial charge in [0.25, 0.3) is 0 Å². The number of nitrogens with one attached hydrogen (secondary N) is 1. The lowest BCUT2D eigenvalue weighted by atomic mass is 9.87. The van der Waals surface area contributed by atoms with Crippen molar-refractivity contribution in [3.63, 3.8) is 0 Å². The van der Waals surface area contributed by atoms with Gasteiger partial charge in [-0.15, -0.1) is 0 Å². The van der Waals surface area contributed by atoms with Crippen molar-refractivity contribution in [2.45, 2.75) is 45.6 Å². The molecule has 2 nitrogen and oxygen atoms in total. The van der Waals surface area contributed by atoms with E-state index in [1.54, 1.807) is 0 Å². The van der Waals surface area contributed by atoms with Crippen molar-refractivity contribution in [3.05, 3.63) is 36.3 Å². The first-order valence-corrected chi connectivity index (χ1v) is 8.16. The molecule has 1 aliphatic carbocycles. The lowest BCUT2D eigenvalue weighted by Gasteiger charge is -2.28. The average Bonchev–Trinajstić information content (AvgIpc) is 2.29. The second-order valence-corrected chi connectivity index (χ2v) is 5.56. The van der Waals surface area contributed by atoms with Crippen molar-refractivity contribution >= 4 is 22.6 Å². The van der Waals surface area contributed by atoms with Gasteiger partial charge in [-0.25, -0.2) is 0 Å². The molecule has 1 rings (SSSR count). The number of rotatable bonds is 6. The number of hydrogen-bond donors (Lipinski definition) is 1. The average molecular weight is 361 g/mol. The molecule has 0 aromatic heterocycles. The number of allylic oxidation sites excluding steroid dienone is 3. The Labute approximate surface area is 125 Å². The molecule has 1 N–H and O–H groups in total. The predicted octanol–water partition coefficient (Wildman–Crippen LogP) is 4.54. The van der Waals surface area contributed by atoms with Crippen LogP contribution in [0.3, 0.4) is 0 Å². The third-order valence-electron chi connectivity index (χ3n) is 3.19. The first-order chi connectivity index (χ1) is 8.65. The number of alkyl halides is 1. The Morgan fingerprint density at radius 1 is 1.50 bits per heavy atom. The summed E-state index contributed by atoms with van der Waals surface area (Å²) in [5.74, 6) is 1.70. The van der Waals surface area contributed by atoms with E-state index in [0.29, 0.717) is 10.7 Å². The SMILES string of the molecule is C=C(/C=C(\C=C/C)OCI)NC1CCC[C@H](C)C1. The van der Waals surface area contributed by atoms with Gasteiger partial charge in [-0.1, -0.05) is 32.4 Å². The van der Waals surface area contributed by atoms with Crippen LogP contribution in [0.25, 0.3) is 0 Å². The molecule has 1 fully saturated rings. The van der Waals surface area contributed by atoms with Crippen LogP contribution in [-0.2, 0) is 4.74 Å². The van der Waals surface area contributed by atoms with Gasteiger partial charge in [-0.3, -0.25) is 0 Å². The van der Waals surface area contributed by atoms with Gasteiger partial charge in [0.2, 0.25) is 0 Å². The summed E-state index contributed by atoms with van der Waals surface area (Å²) in [7, 11) is 0. The van der Waals surface area contributed by atoms with Crippen LogP contribution in [0, 0.1) is 5.92 Å².